The van der Waals surface area contributed by atoms with Gasteiger partial charge in [-0.05, 0) is 22.0 Å². The van der Waals surface area contributed by atoms with Crippen LogP contribution in [0.3, 0.4) is 0 Å². The summed E-state index contributed by atoms with van der Waals surface area (Å²) >= 11 is 2.75. The summed E-state index contributed by atoms with van der Waals surface area (Å²) < 4.78 is 64.0. The van der Waals surface area contributed by atoms with Crippen molar-refractivity contribution in [3.8, 4) is 5.75 Å². The molecule has 9 heteroatoms. The molecule has 1 N–H and O–H groups in total. The lowest BCUT2D eigenvalue weighted by atomic mass is 10.2. The highest BCUT2D eigenvalue weighted by Crippen LogP contribution is 2.34. The maximum absolute atomic E-state index is 12.4. The lowest BCUT2D eigenvalue weighted by Crippen LogP contribution is -2.19. The summed E-state index contributed by atoms with van der Waals surface area (Å²) in [6.45, 7) is -0.661. The van der Waals surface area contributed by atoms with Crippen molar-refractivity contribution in [1.29, 1.82) is 0 Å². The van der Waals surface area contributed by atoms with Gasteiger partial charge in [0.2, 0.25) is 0 Å². The van der Waals surface area contributed by atoms with E-state index in [1.807, 2.05) is 0 Å². The predicted molar refractivity (Wildman–Crippen MR) is 49.5 cm³/mol. The minimum atomic E-state index is -5.11. The standard InChI is InChI=1S/C8H5BrF5NO2/c9-6-3(2-16)1-4(17-8(12,13)14)5(15-6)7(10)11/h1,7,16H,2H2. The number of hydrogen-bond donors (Lipinski definition) is 1. The Morgan fingerprint density at radius 2 is 2.00 bits per heavy atom. The molecular weight excluding hydrogens is 317 g/mol. The van der Waals surface area contributed by atoms with Gasteiger partial charge in [0.05, 0.1) is 6.61 Å². The second-order valence-electron chi connectivity index (χ2n) is 2.83. The van der Waals surface area contributed by atoms with Crippen molar-refractivity contribution in [2.45, 2.75) is 19.4 Å². The monoisotopic (exact) mass is 321 g/mol. The summed E-state index contributed by atoms with van der Waals surface area (Å²) in [5.41, 5.74) is -1.24. The van der Waals surface area contributed by atoms with Crippen LogP contribution in [0.2, 0.25) is 0 Å². The van der Waals surface area contributed by atoms with E-state index in [0.29, 0.717) is 6.07 Å². The van der Waals surface area contributed by atoms with Crippen LogP contribution in [-0.4, -0.2) is 16.5 Å². The van der Waals surface area contributed by atoms with Gasteiger partial charge in [0.25, 0.3) is 6.43 Å². The fraction of sp³-hybridized carbons (Fsp3) is 0.375. The number of halogens is 6. The van der Waals surface area contributed by atoms with Crippen LogP contribution in [0.15, 0.2) is 10.7 Å². The van der Waals surface area contributed by atoms with Gasteiger partial charge in [-0.3, -0.25) is 0 Å². The SMILES string of the molecule is OCc1cc(OC(F)(F)F)c(C(F)F)nc1Br. The van der Waals surface area contributed by atoms with E-state index in [4.69, 9.17) is 5.11 Å². The summed E-state index contributed by atoms with van der Waals surface area (Å²) in [5.74, 6) is -1.13. The quantitative estimate of drug-likeness (QED) is 0.687. The minimum Gasteiger partial charge on any atom is -0.404 e. The van der Waals surface area contributed by atoms with Crippen molar-refractivity contribution in [3.05, 3.63) is 21.9 Å². The normalized spacial score (nSPS) is 12.0. The van der Waals surface area contributed by atoms with E-state index in [2.05, 4.69) is 25.7 Å². The fourth-order valence-electron chi connectivity index (χ4n) is 0.998. The third kappa shape index (κ3) is 3.77. The van der Waals surface area contributed by atoms with Crippen LogP contribution in [0.1, 0.15) is 17.7 Å². The summed E-state index contributed by atoms with van der Waals surface area (Å²) in [5, 5.41) is 8.78. The van der Waals surface area contributed by atoms with E-state index in [-0.39, 0.29) is 10.2 Å². The predicted octanol–water partition coefficient (Wildman–Crippen LogP) is 3.17. The second kappa shape index (κ2) is 5.13. The maximum Gasteiger partial charge on any atom is 0.573 e. The summed E-state index contributed by atoms with van der Waals surface area (Å²) in [7, 11) is 0. The Bertz CT molecular complexity index is 410. The number of aromatic nitrogens is 1. The second-order valence-corrected chi connectivity index (χ2v) is 3.58. The summed E-state index contributed by atoms with van der Waals surface area (Å²) in [6.07, 6.45) is -8.33. The molecule has 0 atom stereocenters. The molecule has 1 aromatic heterocycles. The Hall–Kier alpha value is -0.960. The van der Waals surface area contributed by atoms with Gasteiger partial charge < -0.3 is 9.84 Å². The Balaban J connectivity index is 3.24. The Morgan fingerprint density at radius 3 is 2.41 bits per heavy atom. The number of aliphatic hydroxyl groups excluding tert-OH is 1. The molecule has 0 aliphatic carbocycles. The minimum absolute atomic E-state index is 0.0892. The highest BCUT2D eigenvalue weighted by Gasteiger charge is 2.34. The van der Waals surface area contributed by atoms with Crippen molar-refractivity contribution in [3.63, 3.8) is 0 Å². The Kier molecular flexibility index (Phi) is 4.26. The molecule has 1 rings (SSSR count). The van der Waals surface area contributed by atoms with E-state index in [1.54, 1.807) is 0 Å². The molecule has 0 saturated carbocycles. The number of pyridine rings is 1. The molecule has 0 unspecified atom stereocenters. The highest BCUT2D eigenvalue weighted by atomic mass is 79.9. The first-order chi connectivity index (χ1) is 7.74. The molecule has 1 aromatic rings. The maximum atomic E-state index is 12.4. The van der Waals surface area contributed by atoms with Crippen molar-refractivity contribution < 1.29 is 31.8 Å². The third-order valence-electron chi connectivity index (χ3n) is 1.64. The van der Waals surface area contributed by atoms with Crippen LogP contribution in [0.4, 0.5) is 22.0 Å². The molecule has 0 radical (unpaired) electrons. The average molecular weight is 322 g/mol. The highest BCUT2D eigenvalue weighted by molar-refractivity contribution is 9.10. The number of aliphatic hydroxyl groups is 1. The number of ether oxygens (including phenoxy) is 1. The zero-order valence-electron chi connectivity index (χ0n) is 7.93. The van der Waals surface area contributed by atoms with Crippen LogP contribution in [0.5, 0.6) is 5.75 Å². The van der Waals surface area contributed by atoms with Crippen LogP contribution < -0.4 is 4.74 Å². The van der Waals surface area contributed by atoms with Gasteiger partial charge in [-0.15, -0.1) is 13.2 Å². The number of rotatable bonds is 3. The zero-order valence-corrected chi connectivity index (χ0v) is 9.52. The van der Waals surface area contributed by atoms with E-state index in [1.165, 1.54) is 0 Å². The number of nitrogens with zero attached hydrogens (tertiary/aromatic N) is 1. The van der Waals surface area contributed by atoms with E-state index in [9.17, 15) is 22.0 Å². The largest absolute Gasteiger partial charge is 0.573 e. The lowest BCUT2D eigenvalue weighted by Gasteiger charge is -2.14. The fourth-order valence-corrected chi connectivity index (χ4v) is 1.43. The molecular formula is C8H5BrF5NO2. The molecule has 0 saturated heterocycles. The molecule has 0 aliphatic heterocycles. The van der Waals surface area contributed by atoms with Gasteiger partial charge >= 0.3 is 6.36 Å². The van der Waals surface area contributed by atoms with Crippen molar-refractivity contribution in [2.24, 2.45) is 0 Å². The van der Waals surface area contributed by atoms with Gasteiger partial charge in [-0.1, -0.05) is 0 Å². The molecule has 0 aromatic carbocycles. The van der Waals surface area contributed by atoms with Crippen LogP contribution >= 0.6 is 15.9 Å². The summed E-state index contributed by atoms with van der Waals surface area (Å²) in [6, 6.07) is 0.659. The number of alkyl halides is 5. The average Bonchev–Trinajstić information content (AvgIpc) is 2.17. The van der Waals surface area contributed by atoms with Crippen LogP contribution in [0.25, 0.3) is 0 Å². The van der Waals surface area contributed by atoms with Crippen molar-refractivity contribution in [2.75, 3.05) is 0 Å². The summed E-state index contributed by atoms with van der Waals surface area (Å²) in [4.78, 5) is 3.21. The molecule has 0 aliphatic rings. The smallest absolute Gasteiger partial charge is 0.404 e. The van der Waals surface area contributed by atoms with Gasteiger partial charge in [-0.25, -0.2) is 13.8 Å². The van der Waals surface area contributed by atoms with Gasteiger partial charge in [0.1, 0.15) is 10.3 Å². The molecule has 96 valence electrons. The lowest BCUT2D eigenvalue weighted by molar-refractivity contribution is -0.275. The van der Waals surface area contributed by atoms with Crippen molar-refractivity contribution >= 4 is 15.9 Å². The molecule has 0 bridgehead atoms. The molecule has 1 heterocycles. The first kappa shape index (κ1) is 14.1. The molecule has 3 nitrogen and oxygen atoms in total. The van der Waals surface area contributed by atoms with Gasteiger partial charge in [0.15, 0.2) is 5.75 Å². The number of hydrogen-bond acceptors (Lipinski definition) is 3. The topological polar surface area (TPSA) is 42.4 Å². The first-order valence-electron chi connectivity index (χ1n) is 4.08. The zero-order chi connectivity index (χ0) is 13.2. The molecule has 0 amide bonds. The first-order valence-corrected chi connectivity index (χ1v) is 4.88. The Labute approximate surface area is 100 Å². The van der Waals surface area contributed by atoms with Gasteiger partial charge in [-0.2, -0.15) is 0 Å². The van der Waals surface area contributed by atoms with E-state index >= 15 is 0 Å². The molecule has 0 spiro atoms. The van der Waals surface area contributed by atoms with Crippen molar-refractivity contribution in [1.82, 2.24) is 4.98 Å². The third-order valence-corrected chi connectivity index (χ3v) is 2.33. The molecule has 0 fully saturated rings. The van der Waals surface area contributed by atoms with E-state index in [0.717, 1.165) is 0 Å². The van der Waals surface area contributed by atoms with Gasteiger partial charge in [0, 0.05) is 5.56 Å². The van der Waals surface area contributed by atoms with Crippen LogP contribution in [0, 0.1) is 0 Å². The Morgan fingerprint density at radius 1 is 1.41 bits per heavy atom. The molecule has 17 heavy (non-hydrogen) atoms. The van der Waals surface area contributed by atoms with Crippen LogP contribution in [-0.2, 0) is 6.61 Å². The van der Waals surface area contributed by atoms with E-state index < -0.39 is 30.8 Å².